The van der Waals surface area contributed by atoms with Gasteiger partial charge >= 0.3 is 5.76 Å². The number of nitrogens with zero attached hydrogens (tertiary/aromatic N) is 3. The first-order valence-electron chi connectivity index (χ1n) is 7.24. The lowest BCUT2D eigenvalue weighted by molar-refractivity contribution is 0.466. The smallest absolute Gasteiger partial charge is 0.408 e. The molecule has 0 aliphatic heterocycles. The maximum Gasteiger partial charge on any atom is 0.417 e. The van der Waals surface area contributed by atoms with Crippen LogP contribution in [0.15, 0.2) is 50.5 Å². The monoisotopic (exact) mass is 376 g/mol. The summed E-state index contributed by atoms with van der Waals surface area (Å²) in [7, 11) is -2.24. The Morgan fingerprint density at radius 3 is 2.80 bits per heavy atom. The summed E-state index contributed by atoms with van der Waals surface area (Å²) in [4.78, 5) is 13.8. The van der Waals surface area contributed by atoms with Gasteiger partial charge in [-0.2, -0.15) is 13.1 Å². The minimum atomic E-state index is -3.74. The molecule has 4 aromatic rings. The second-order valence-corrected chi connectivity index (χ2v) is 8.09. The van der Waals surface area contributed by atoms with E-state index in [9.17, 15) is 13.2 Å². The number of H-pyrrole nitrogens is 1. The van der Waals surface area contributed by atoms with Gasteiger partial charge in [-0.15, -0.1) is 0 Å². The Hall–Kier alpha value is -2.56. The van der Waals surface area contributed by atoms with Crippen LogP contribution in [0.2, 0.25) is 0 Å². The largest absolute Gasteiger partial charge is 0.417 e. The molecule has 0 aliphatic carbocycles. The average Bonchev–Trinajstić information content (AvgIpc) is 3.18. The van der Waals surface area contributed by atoms with E-state index in [4.69, 9.17) is 4.42 Å². The molecule has 0 spiro atoms. The molecule has 1 N–H and O–H groups in total. The van der Waals surface area contributed by atoms with Crippen LogP contribution in [0.1, 0.15) is 5.56 Å². The van der Waals surface area contributed by atoms with Crippen LogP contribution >= 0.6 is 11.7 Å². The number of nitrogens with one attached hydrogen (secondary N) is 1. The quantitative estimate of drug-likeness (QED) is 0.583. The van der Waals surface area contributed by atoms with Gasteiger partial charge in [0.05, 0.1) is 22.1 Å². The number of oxazole rings is 1. The third kappa shape index (κ3) is 2.84. The van der Waals surface area contributed by atoms with Gasteiger partial charge in [0.25, 0.3) is 0 Å². The molecule has 0 saturated carbocycles. The highest BCUT2D eigenvalue weighted by Crippen LogP contribution is 2.22. The van der Waals surface area contributed by atoms with Crippen molar-refractivity contribution in [1.82, 2.24) is 18.0 Å². The number of fused-ring (bicyclic) bond motifs is 2. The molecule has 128 valence electrons. The zero-order valence-corrected chi connectivity index (χ0v) is 14.6. The fourth-order valence-electron chi connectivity index (χ4n) is 2.53. The van der Waals surface area contributed by atoms with Crippen molar-refractivity contribution in [3.8, 4) is 0 Å². The Kier molecular flexibility index (Phi) is 3.67. The van der Waals surface area contributed by atoms with Crippen LogP contribution in [0.4, 0.5) is 0 Å². The molecule has 4 rings (SSSR count). The van der Waals surface area contributed by atoms with Crippen molar-refractivity contribution in [3.63, 3.8) is 0 Å². The molecule has 2 aromatic carbocycles. The first kappa shape index (κ1) is 15.9. The number of hydrogen-bond acceptors (Lipinski definition) is 7. The first-order chi connectivity index (χ1) is 11.9. The number of aromatic nitrogens is 3. The molecule has 2 aromatic heterocycles. The molecule has 0 saturated heterocycles. The molecule has 8 nitrogen and oxygen atoms in total. The van der Waals surface area contributed by atoms with E-state index in [1.54, 1.807) is 0 Å². The lowest BCUT2D eigenvalue weighted by atomic mass is 10.2. The van der Waals surface area contributed by atoms with Gasteiger partial charge in [0.1, 0.15) is 11.0 Å². The van der Waals surface area contributed by atoms with Gasteiger partial charge in [-0.25, -0.2) is 13.2 Å². The second-order valence-electron chi connectivity index (χ2n) is 5.52. The average molecular weight is 376 g/mol. The van der Waals surface area contributed by atoms with Crippen molar-refractivity contribution in [2.45, 2.75) is 11.4 Å². The van der Waals surface area contributed by atoms with Crippen molar-refractivity contribution in [3.05, 3.63) is 52.5 Å². The standard InChI is InChI=1S/C15H12N4O4S2/c1-19(8-9-2-4-11-13(6-9)18-24-17-11)25(21,22)10-3-5-12-14(7-10)23-15(20)16-12/h2-7H,8H2,1H3,(H,16,20). The molecular weight excluding hydrogens is 364 g/mol. The molecule has 0 bridgehead atoms. The van der Waals surface area contributed by atoms with Gasteiger partial charge in [-0.1, -0.05) is 6.07 Å². The third-order valence-electron chi connectivity index (χ3n) is 3.82. The van der Waals surface area contributed by atoms with Crippen LogP contribution in [0.25, 0.3) is 22.1 Å². The van der Waals surface area contributed by atoms with Gasteiger partial charge in [-0.3, -0.25) is 4.98 Å². The van der Waals surface area contributed by atoms with Crippen LogP contribution in [0.5, 0.6) is 0 Å². The highest BCUT2D eigenvalue weighted by Gasteiger charge is 2.22. The summed E-state index contributed by atoms with van der Waals surface area (Å²) in [6.07, 6.45) is 0. The summed E-state index contributed by atoms with van der Waals surface area (Å²) >= 11 is 1.12. The van der Waals surface area contributed by atoms with Crippen LogP contribution in [0, 0.1) is 0 Å². The van der Waals surface area contributed by atoms with Crippen LogP contribution in [-0.2, 0) is 16.6 Å². The van der Waals surface area contributed by atoms with E-state index < -0.39 is 15.8 Å². The molecule has 25 heavy (non-hydrogen) atoms. The van der Waals surface area contributed by atoms with Crippen molar-refractivity contribution in [1.29, 1.82) is 0 Å². The topological polar surface area (TPSA) is 109 Å². The van der Waals surface area contributed by atoms with Crippen molar-refractivity contribution < 1.29 is 12.8 Å². The Morgan fingerprint density at radius 2 is 1.96 bits per heavy atom. The minimum Gasteiger partial charge on any atom is -0.408 e. The predicted octanol–water partition coefficient (Wildman–Crippen LogP) is 1.95. The van der Waals surface area contributed by atoms with Gasteiger partial charge < -0.3 is 4.42 Å². The molecule has 10 heteroatoms. The summed E-state index contributed by atoms with van der Waals surface area (Å²) in [6, 6.07) is 9.74. The number of sulfonamides is 1. The molecule has 2 heterocycles. The fourth-order valence-corrected chi connectivity index (χ4v) is 4.23. The van der Waals surface area contributed by atoms with Gasteiger partial charge in [0, 0.05) is 19.7 Å². The minimum absolute atomic E-state index is 0.0571. The van der Waals surface area contributed by atoms with E-state index in [1.807, 2.05) is 18.2 Å². The first-order valence-corrected chi connectivity index (χ1v) is 9.41. The predicted molar refractivity (Wildman–Crippen MR) is 92.9 cm³/mol. The van der Waals surface area contributed by atoms with Gasteiger partial charge in [-0.05, 0) is 29.8 Å². The maximum absolute atomic E-state index is 12.8. The van der Waals surface area contributed by atoms with Crippen molar-refractivity contribution >= 4 is 43.9 Å². The van der Waals surface area contributed by atoms with E-state index >= 15 is 0 Å². The summed E-state index contributed by atoms with van der Waals surface area (Å²) in [5, 5.41) is 0. The lowest BCUT2D eigenvalue weighted by Crippen LogP contribution is -2.26. The van der Waals surface area contributed by atoms with E-state index in [2.05, 4.69) is 13.7 Å². The SMILES string of the molecule is CN(Cc1ccc2nsnc2c1)S(=O)(=O)c1ccc2[nH]c(=O)oc2c1. The van der Waals surface area contributed by atoms with Crippen LogP contribution in [-0.4, -0.2) is 33.5 Å². The van der Waals surface area contributed by atoms with Crippen LogP contribution < -0.4 is 5.76 Å². The van der Waals surface area contributed by atoms with Gasteiger partial charge in [0.2, 0.25) is 10.0 Å². The molecule has 0 unspecified atom stereocenters. The van der Waals surface area contributed by atoms with E-state index in [1.165, 1.54) is 29.6 Å². The highest BCUT2D eigenvalue weighted by atomic mass is 32.2. The maximum atomic E-state index is 12.8. The molecular formula is C15H12N4O4S2. The summed E-state index contributed by atoms with van der Waals surface area (Å²) in [5.74, 6) is -0.622. The Bertz CT molecular complexity index is 1240. The second kappa shape index (κ2) is 5.76. The van der Waals surface area contributed by atoms with Crippen LogP contribution in [0.3, 0.4) is 0 Å². The lowest BCUT2D eigenvalue weighted by Gasteiger charge is -2.17. The van der Waals surface area contributed by atoms with E-state index in [0.717, 1.165) is 28.3 Å². The Labute approximate surface area is 146 Å². The third-order valence-corrected chi connectivity index (χ3v) is 6.18. The zero-order valence-electron chi connectivity index (χ0n) is 13.0. The molecule has 0 aliphatic rings. The summed E-state index contributed by atoms with van der Waals surface area (Å²) in [6.45, 7) is 0.185. The molecule has 0 amide bonds. The Balaban J connectivity index is 1.66. The Morgan fingerprint density at radius 1 is 1.16 bits per heavy atom. The number of benzene rings is 2. The van der Waals surface area contributed by atoms with Gasteiger partial charge in [0.15, 0.2) is 5.58 Å². The normalized spacial score (nSPS) is 12.4. The zero-order chi connectivity index (χ0) is 17.6. The van der Waals surface area contributed by atoms with E-state index in [-0.39, 0.29) is 17.0 Å². The molecule has 0 radical (unpaired) electrons. The molecule has 0 fully saturated rings. The number of aromatic amines is 1. The number of hydrogen-bond donors (Lipinski definition) is 1. The number of rotatable bonds is 4. The molecule has 0 atom stereocenters. The fraction of sp³-hybridized carbons (Fsp3) is 0.133. The van der Waals surface area contributed by atoms with Crippen molar-refractivity contribution in [2.24, 2.45) is 0 Å². The summed E-state index contributed by atoms with van der Waals surface area (Å²) in [5.41, 5.74) is 2.99. The highest BCUT2D eigenvalue weighted by molar-refractivity contribution is 7.89. The van der Waals surface area contributed by atoms with E-state index in [0.29, 0.717) is 5.52 Å². The summed E-state index contributed by atoms with van der Waals surface area (Å²) < 4.78 is 40.0. The van der Waals surface area contributed by atoms with Crippen molar-refractivity contribution in [2.75, 3.05) is 7.05 Å².